The van der Waals surface area contributed by atoms with Crippen LogP contribution in [0.15, 0.2) is 0 Å². The molecule has 0 aromatic heterocycles. The Hall–Kier alpha value is -0.160. The lowest BCUT2D eigenvalue weighted by atomic mass is 10.0. The van der Waals surface area contributed by atoms with E-state index in [1.54, 1.807) is 0 Å². The Labute approximate surface area is 175 Å². The van der Waals surface area contributed by atoms with Crippen LogP contribution in [0.3, 0.4) is 0 Å². The molecule has 0 saturated carbocycles. The van der Waals surface area contributed by atoms with Crippen LogP contribution in [0.2, 0.25) is 0 Å². The van der Waals surface area contributed by atoms with Gasteiger partial charge in [-0.3, -0.25) is 0 Å². The van der Waals surface area contributed by atoms with Gasteiger partial charge in [0, 0.05) is 19.8 Å². The van der Waals surface area contributed by atoms with Crippen LogP contribution < -0.4 is 0 Å². The minimum Gasteiger partial charge on any atom is -0.394 e. The third kappa shape index (κ3) is 23.9. The molecule has 28 heavy (non-hydrogen) atoms. The number of aliphatic hydroxyl groups is 2. The minimum absolute atomic E-state index is 0.203. The summed E-state index contributed by atoms with van der Waals surface area (Å²) in [5.74, 6) is 0.873. The fourth-order valence-electron chi connectivity index (χ4n) is 3.34. The van der Waals surface area contributed by atoms with Crippen molar-refractivity contribution < 1.29 is 19.7 Å². The summed E-state index contributed by atoms with van der Waals surface area (Å²) in [4.78, 5) is 0. The van der Waals surface area contributed by atoms with Crippen molar-refractivity contribution >= 4 is 0 Å². The van der Waals surface area contributed by atoms with E-state index >= 15 is 0 Å². The van der Waals surface area contributed by atoms with Gasteiger partial charge in [-0.05, 0) is 18.8 Å². The largest absolute Gasteiger partial charge is 0.394 e. The average Bonchev–Trinajstić information content (AvgIpc) is 2.68. The number of hydrogen-bond donors (Lipinski definition) is 2. The van der Waals surface area contributed by atoms with Crippen LogP contribution in [0.4, 0.5) is 0 Å². The average molecular weight is 403 g/mol. The van der Waals surface area contributed by atoms with Crippen LogP contribution in [0.5, 0.6) is 0 Å². The molecule has 0 amide bonds. The summed E-state index contributed by atoms with van der Waals surface area (Å²) >= 11 is 0. The van der Waals surface area contributed by atoms with Gasteiger partial charge in [-0.25, -0.2) is 0 Å². The molecule has 0 bridgehead atoms. The number of hydrogen-bond acceptors (Lipinski definition) is 4. The molecule has 0 aromatic carbocycles. The van der Waals surface area contributed by atoms with Crippen molar-refractivity contribution in [1.29, 1.82) is 0 Å². The Morgan fingerprint density at radius 3 is 1.50 bits per heavy atom. The zero-order valence-corrected chi connectivity index (χ0v) is 19.0. The quantitative estimate of drug-likeness (QED) is 0.210. The lowest BCUT2D eigenvalue weighted by Gasteiger charge is -2.08. The summed E-state index contributed by atoms with van der Waals surface area (Å²) in [5, 5.41) is 17.8. The molecule has 2 N–H and O–H groups in total. The van der Waals surface area contributed by atoms with Gasteiger partial charge in [0.25, 0.3) is 0 Å². The van der Waals surface area contributed by atoms with Crippen LogP contribution >= 0.6 is 0 Å². The highest BCUT2D eigenvalue weighted by Crippen LogP contribution is 2.14. The molecule has 1 unspecified atom stereocenters. The molecule has 170 valence electrons. The van der Waals surface area contributed by atoms with Gasteiger partial charge in [-0.2, -0.15) is 0 Å². The smallest absolute Gasteiger partial charge is 0.100 e. The number of unbranched alkanes of at least 4 members (excludes halogenated alkanes) is 12. The van der Waals surface area contributed by atoms with Gasteiger partial charge in [-0.15, -0.1) is 0 Å². The van der Waals surface area contributed by atoms with E-state index in [1.807, 2.05) is 0 Å². The fourth-order valence-corrected chi connectivity index (χ4v) is 3.34. The molecule has 1 atom stereocenters. The lowest BCUT2D eigenvalue weighted by Crippen LogP contribution is -2.20. The monoisotopic (exact) mass is 402 g/mol. The number of ether oxygens (including phenoxy) is 2. The molecule has 0 spiro atoms. The van der Waals surface area contributed by atoms with Crippen molar-refractivity contribution in [3.05, 3.63) is 0 Å². The number of aliphatic hydroxyl groups excluding tert-OH is 2. The number of rotatable bonds is 23. The van der Waals surface area contributed by atoms with E-state index in [0.717, 1.165) is 25.4 Å². The molecule has 4 nitrogen and oxygen atoms in total. The summed E-state index contributed by atoms with van der Waals surface area (Å²) in [6.07, 6.45) is 19.5. The van der Waals surface area contributed by atoms with E-state index < -0.39 is 6.10 Å². The van der Waals surface area contributed by atoms with Crippen molar-refractivity contribution in [3.63, 3.8) is 0 Å². The standard InChI is InChI=1S/C24H50O4/c1-23(2)17-14-12-10-8-6-4-3-5-7-9-11-13-15-18-27-19-16-20-28-22-24(26)21-25/h23-26H,3-22H2,1-2H3. The molecule has 0 aliphatic heterocycles. The molecule has 0 aliphatic carbocycles. The first-order valence-electron chi connectivity index (χ1n) is 12.1. The van der Waals surface area contributed by atoms with Crippen molar-refractivity contribution in [2.45, 2.75) is 116 Å². The molecule has 0 radical (unpaired) electrons. The SMILES string of the molecule is CC(C)CCCCCCCCCCCCCCCOCCCOCC(O)CO. The van der Waals surface area contributed by atoms with Gasteiger partial charge < -0.3 is 19.7 Å². The Bertz CT molecular complexity index is 284. The normalized spacial score (nSPS) is 12.8. The highest BCUT2D eigenvalue weighted by molar-refractivity contribution is 4.51. The zero-order chi connectivity index (χ0) is 20.7. The van der Waals surface area contributed by atoms with E-state index in [2.05, 4.69) is 13.8 Å². The maximum atomic E-state index is 9.12. The summed E-state index contributed by atoms with van der Waals surface area (Å²) in [7, 11) is 0. The van der Waals surface area contributed by atoms with Gasteiger partial charge in [0.1, 0.15) is 6.10 Å². The van der Waals surface area contributed by atoms with E-state index in [-0.39, 0.29) is 13.2 Å². The van der Waals surface area contributed by atoms with Crippen LogP contribution in [-0.4, -0.2) is 49.4 Å². The molecule has 0 aliphatic rings. The van der Waals surface area contributed by atoms with Crippen LogP contribution in [0.25, 0.3) is 0 Å². The molecule has 4 heteroatoms. The molecule has 0 saturated heterocycles. The van der Waals surface area contributed by atoms with Crippen molar-refractivity contribution in [3.8, 4) is 0 Å². The van der Waals surface area contributed by atoms with Gasteiger partial charge in [-0.1, -0.05) is 97.3 Å². The topological polar surface area (TPSA) is 58.9 Å². The molecule has 0 aromatic rings. The van der Waals surface area contributed by atoms with Gasteiger partial charge in [0.05, 0.1) is 13.2 Å². The molecule has 0 rings (SSSR count). The first-order chi connectivity index (χ1) is 13.7. The fraction of sp³-hybridized carbons (Fsp3) is 1.00. The second-order valence-corrected chi connectivity index (χ2v) is 8.66. The molecule has 0 fully saturated rings. The van der Waals surface area contributed by atoms with Crippen LogP contribution in [0.1, 0.15) is 110 Å². The molecular weight excluding hydrogens is 352 g/mol. The van der Waals surface area contributed by atoms with Gasteiger partial charge >= 0.3 is 0 Å². The maximum absolute atomic E-state index is 9.12. The van der Waals surface area contributed by atoms with Gasteiger partial charge in [0.2, 0.25) is 0 Å². The van der Waals surface area contributed by atoms with Crippen molar-refractivity contribution in [2.24, 2.45) is 5.92 Å². The first-order valence-corrected chi connectivity index (χ1v) is 12.1. The highest BCUT2D eigenvalue weighted by Gasteiger charge is 2.00. The summed E-state index contributed by atoms with van der Waals surface area (Å²) in [6, 6.07) is 0. The van der Waals surface area contributed by atoms with Crippen molar-refractivity contribution in [2.75, 3.05) is 33.0 Å². The third-order valence-corrected chi connectivity index (χ3v) is 5.17. The summed E-state index contributed by atoms with van der Waals surface area (Å²) in [5.41, 5.74) is 0. The van der Waals surface area contributed by atoms with E-state index in [0.29, 0.717) is 13.2 Å². The van der Waals surface area contributed by atoms with Crippen LogP contribution in [-0.2, 0) is 9.47 Å². The Kier molecular flexibility index (Phi) is 23.0. The lowest BCUT2D eigenvalue weighted by molar-refractivity contribution is -0.000537. The Balaban J connectivity index is 3.01. The first kappa shape index (κ1) is 27.8. The van der Waals surface area contributed by atoms with Gasteiger partial charge in [0.15, 0.2) is 0 Å². The van der Waals surface area contributed by atoms with Crippen LogP contribution in [0, 0.1) is 5.92 Å². The second kappa shape index (κ2) is 23.1. The third-order valence-electron chi connectivity index (χ3n) is 5.17. The Morgan fingerprint density at radius 2 is 1.00 bits per heavy atom. The second-order valence-electron chi connectivity index (χ2n) is 8.66. The van der Waals surface area contributed by atoms with Crippen molar-refractivity contribution in [1.82, 2.24) is 0 Å². The molecule has 0 heterocycles. The van der Waals surface area contributed by atoms with E-state index in [9.17, 15) is 0 Å². The summed E-state index contributed by atoms with van der Waals surface area (Å²) < 4.78 is 10.8. The van der Waals surface area contributed by atoms with E-state index in [4.69, 9.17) is 19.7 Å². The minimum atomic E-state index is -0.759. The zero-order valence-electron chi connectivity index (χ0n) is 19.0. The molecular formula is C24H50O4. The maximum Gasteiger partial charge on any atom is 0.100 e. The predicted octanol–water partition coefficient (Wildman–Crippen LogP) is 5.88. The predicted molar refractivity (Wildman–Crippen MR) is 119 cm³/mol. The van der Waals surface area contributed by atoms with E-state index in [1.165, 1.54) is 83.5 Å². The summed E-state index contributed by atoms with van der Waals surface area (Å²) in [6.45, 7) is 6.74. The highest BCUT2D eigenvalue weighted by atomic mass is 16.5. The Morgan fingerprint density at radius 1 is 0.571 bits per heavy atom.